The van der Waals surface area contributed by atoms with Gasteiger partial charge in [0.15, 0.2) is 0 Å². The van der Waals surface area contributed by atoms with E-state index in [1.165, 1.54) is 18.4 Å². The van der Waals surface area contributed by atoms with Crippen LogP contribution in [0.3, 0.4) is 0 Å². The Morgan fingerprint density at radius 3 is 2.78 bits per heavy atom. The molecule has 0 radical (unpaired) electrons. The molecule has 0 aliphatic rings. The van der Waals surface area contributed by atoms with Gasteiger partial charge in [0, 0.05) is 5.38 Å². The van der Waals surface area contributed by atoms with E-state index >= 15 is 0 Å². The van der Waals surface area contributed by atoms with E-state index in [-0.39, 0.29) is 18.5 Å². The molecule has 0 spiro atoms. The highest BCUT2D eigenvalue weighted by atomic mass is 32.1. The van der Waals surface area contributed by atoms with Gasteiger partial charge in [-0.15, -0.1) is 11.3 Å². The third-order valence-corrected chi connectivity index (χ3v) is 3.53. The van der Waals surface area contributed by atoms with Gasteiger partial charge in [0.2, 0.25) is 5.13 Å². The van der Waals surface area contributed by atoms with Crippen LogP contribution >= 0.6 is 11.3 Å². The highest BCUT2D eigenvalue weighted by Gasteiger charge is 2.06. The number of hydrazone groups is 1. The molecule has 2 rings (SSSR count). The number of benzene rings is 1. The maximum atomic E-state index is 11.2. The number of rotatable bonds is 7. The minimum absolute atomic E-state index is 0.153. The largest absolute Gasteiger partial charge is 0.491 e. The zero-order chi connectivity index (χ0) is 16.7. The molecule has 0 amide bonds. The van der Waals surface area contributed by atoms with Crippen molar-refractivity contribution < 1.29 is 14.3 Å². The Morgan fingerprint density at radius 1 is 1.39 bits per heavy atom. The van der Waals surface area contributed by atoms with Gasteiger partial charge in [-0.25, -0.2) is 4.98 Å². The Bertz CT molecular complexity index is 665. The molecule has 0 bridgehead atoms. The molecule has 1 N–H and O–H groups in total. The Hall–Kier alpha value is -2.41. The molecule has 1 heterocycles. The molecular formula is C16H19N3O3S. The monoisotopic (exact) mass is 333 g/mol. The quantitative estimate of drug-likeness (QED) is 0.479. The fourth-order valence-electron chi connectivity index (χ4n) is 1.73. The number of hydrogen-bond donors (Lipinski definition) is 1. The first-order valence-electron chi connectivity index (χ1n) is 7.14. The van der Waals surface area contributed by atoms with Crippen molar-refractivity contribution in [2.75, 3.05) is 12.5 Å². The molecule has 0 unspecified atom stereocenters. The van der Waals surface area contributed by atoms with Crippen LogP contribution in [0.5, 0.6) is 5.75 Å². The van der Waals surface area contributed by atoms with Gasteiger partial charge in [0.1, 0.15) is 5.75 Å². The summed E-state index contributed by atoms with van der Waals surface area (Å²) in [5.74, 6) is 0.520. The number of anilines is 1. The first kappa shape index (κ1) is 17.0. The zero-order valence-electron chi connectivity index (χ0n) is 13.3. The van der Waals surface area contributed by atoms with Crippen LogP contribution in [0.4, 0.5) is 5.13 Å². The molecule has 122 valence electrons. The average molecular weight is 333 g/mol. The fourth-order valence-corrected chi connectivity index (χ4v) is 2.39. The first-order chi connectivity index (χ1) is 11.1. The van der Waals surface area contributed by atoms with E-state index in [0.717, 1.165) is 11.3 Å². The molecule has 0 saturated heterocycles. The molecule has 23 heavy (non-hydrogen) atoms. The second-order valence-corrected chi connectivity index (χ2v) is 5.86. The topological polar surface area (TPSA) is 72.8 Å². The van der Waals surface area contributed by atoms with Gasteiger partial charge in [-0.1, -0.05) is 0 Å². The van der Waals surface area contributed by atoms with Crippen LogP contribution in [0, 0.1) is 0 Å². The van der Waals surface area contributed by atoms with E-state index in [1.807, 2.05) is 38.1 Å². The molecule has 0 atom stereocenters. The Kier molecular flexibility index (Phi) is 6.10. The maximum Gasteiger partial charge on any atom is 0.311 e. The SMILES string of the molecule is COC(=O)Cc1csc(N/N=C\c2ccc(OC(C)C)cc2)n1. The maximum absolute atomic E-state index is 11.2. The molecule has 1 aromatic heterocycles. The van der Waals surface area contributed by atoms with Crippen LogP contribution < -0.4 is 10.2 Å². The molecular weight excluding hydrogens is 314 g/mol. The Labute approximate surface area is 139 Å². The summed E-state index contributed by atoms with van der Waals surface area (Å²) in [5, 5.41) is 6.55. The normalized spacial score (nSPS) is 11.0. The summed E-state index contributed by atoms with van der Waals surface area (Å²) < 4.78 is 10.2. The summed E-state index contributed by atoms with van der Waals surface area (Å²) in [5.41, 5.74) is 4.45. The molecule has 0 aliphatic carbocycles. The smallest absolute Gasteiger partial charge is 0.311 e. The van der Waals surface area contributed by atoms with Gasteiger partial charge in [-0.3, -0.25) is 10.2 Å². The van der Waals surface area contributed by atoms with Crippen molar-refractivity contribution in [3.05, 3.63) is 40.9 Å². The lowest BCUT2D eigenvalue weighted by Crippen LogP contribution is -2.05. The number of nitrogens with zero attached hydrogens (tertiary/aromatic N) is 2. The second kappa shape index (κ2) is 8.28. The number of aromatic nitrogens is 1. The van der Waals surface area contributed by atoms with Crippen molar-refractivity contribution in [1.82, 2.24) is 4.98 Å². The average Bonchev–Trinajstić information content (AvgIpc) is 2.96. The number of ether oxygens (including phenoxy) is 2. The molecule has 1 aromatic carbocycles. The predicted molar refractivity (Wildman–Crippen MR) is 91.3 cm³/mol. The first-order valence-corrected chi connectivity index (χ1v) is 8.02. The molecule has 6 nitrogen and oxygen atoms in total. The van der Waals surface area contributed by atoms with Crippen molar-refractivity contribution in [2.24, 2.45) is 5.10 Å². The summed E-state index contributed by atoms with van der Waals surface area (Å²) in [6.07, 6.45) is 2.01. The van der Waals surface area contributed by atoms with Gasteiger partial charge in [0.25, 0.3) is 0 Å². The summed E-state index contributed by atoms with van der Waals surface area (Å²) in [6.45, 7) is 3.98. The number of methoxy groups -OCH3 is 1. The number of thiazole rings is 1. The number of carbonyl (C=O) groups excluding carboxylic acids is 1. The van der Waals surface area contributed by atoms with Crippen LogP contribution in [0.15, 0.2) is 34.7 Å². The number of hydrogen-bond acceptors (Lipinski definition) is 7. The molecule has 0 aliphatic heterocycles. The van der Waals surface area contributed by atoms with Crippen LogP contribution in [-0.4, -0.2) is 30.4 Å². The van der Waals surface area contributed by atoms with Gasteiger partial charge in [-0.2, -0.15) is 5.10 Å². The van der Waals surface area contributed by atoms with Crippen LogP contribution in [-0.2, 0) is 16.0 Å². The van der Waals surface area contributed by atoms with E-state index in [9.17, 15) is 4.79 Å². The summed E-state index contributed by atoms with van der Waals surface area (Å²) in [6, 6.07) is 7.65. The minimum Gasteiger partial charge on any atom is -0.491 e. The standard InChI is InChI=1S/C16H19N3O3S/c1-11(2)22-14-6-4-12(5-7-14)9-17-19-16-18-13(10-23-16)8-15(20)21-3/h4-7,9-11H,8H2,1-3H3,(H,18,19)/b17-9-. The second-order valence-electron chi connectivity index (χ2n) is 5.00. The molecule has 0 saturated carbocycles. The van der Waals surface area contributed by atoms with Crippen molar-refractivity contribution >= 4 is 28.7 Å². The van der Waals surface area contributed by atoms with E-state index in [2.05, 4.69) is 20.2 Å². The lowest BCUT2D eigenvalue weighted by atomic mass is 10.2. The van der Waals surface area contributed by atoms with Gasteiger partial charge < -0.3 is 9.47 Å². The van der Waals surface area contributed by atoms with Crippen molar-refractivity contribution in [3.63, 3.8) is 0 Å². The molecule has 0 fully saturated rings. The molecule has 2 aromatic rings. The summed E-state index contributed by atoms with van der Waals surface area (Å²) in [4.78, 5) is 15.4. The Balaban J connectivity index is 1.87. The van der Waals surface area contributed by atoms with E-state index in [1.54, 1.807) is 11.6 Å². The minimum atomic E-state index is -0.311. The fraction of sp³-hybridized carbons (Fsp3) is 0.312. The summed E-state index contributed by atoms with van der Waals surface area (Å²) >= 11 is 1.38. The van der Waals surface area contributed by atoms with Crippen molar-refractivity contribution in [3.8, 4) is 5.75 Å². The van der Waals surface area contributed by atoms with Crippen molar-refractivity contribution in [1.29, 1.82) is 0 Å². The number of esters is 1. The van der Waals surface area contributed by atoms with E-state index in [0.29, 0.717) is 10.8 Å². The van der Waals surface area contributed by atoms with Gasteiger partial charge in [-0.05, 0) is 43.7 Å². The summed E-state index contributed by atoms with van der Waals surface area (Å²) in [7, 11) is 1.36. The van der Waals surface area contributed by atoms with E-state index in [4.69, 9.17) is 4.74 Å². The van der Waals surface area contributed by atoms with Crippen molar-refractivity contribution in [2.45, 2.75) is 26.4 Å². The van der Waals surface area contributed by atoms with Crippen LogP contribution in [0.1, 0.15) is 25.1 Å². The molecule has 7 heteroatoms. The lowest BCUT2D eigenvalue weighted by molar-refractivity contribution is -0.139. The number of nitrogens with one attached hydrogen (secondary N) is 1. The lowest BCUT2D eigenvalue weighted by Gasteiger charge is -2.08. The Morgan fingerprint density at radius 2 is 2.13 bits per heavy atom. The third kappa shape index (κ3) is 5.71. The van der Waals surface area contributed by atoms with Crippen LogP contribution in [0.2, 0.25) is 0 Å². The predicted octanol–water partition coefficient (Wildman–Crippen LogP) is 3.09. The van der Waals surface area contributed by atoms with Gasteiger partial charge >= 0.3 is 5.97 Å². The van der Waals surface area contributed by atoms with Gasteiger partial charge in [0.05, 0.1) is 31.5 Å². The zero-order valence-corrected chi connectivity index (χ0v) is 14.1. The van der Waals surface area contributed by atoms with Crippen LogP contribution in [0.25, 0.3) is 0 Å². The highest BCUT2D eigenvalue weighted by molar-refractivity contribution is 7.13. The number of carbonyl (C=O) groups is 1. The van der Waals surface area contributed by atoms with E-state index < -0.39 is 0 Å². The highest BCUT2D eigenvalue weighted by Crippen LogP contribution is 2.16. The third-order valence-electron chi connectivity index (χ3n) is 2.73.